The Hall–Kier alpha value is -2.57. The number of hydrogen-bond donors (Lipinski definition) is 2. The summed E-state index contributed by atoms with van der Waals surface area (Å²) in [5.74, 6) is -1.77. The van der Waals surface area contributed by atoms with Crippen LogP contribution >= 0.6 is 0 Å². The SMILES string of the molecule is C[C@H](CC(=O)O)OC(=O)[C@@H](Cc1ccccc1)NC(=O)OC(C)(C)C. The van der Waals surface area contributed by atoms with Gasteiger partial charge in [-0.15, -0.1) is 0 Å². The third-order valence-electron chi connectivity index (χ3n) is 3.04. The van der Waals surface area contributed by atoms with Crippen LogP contribution in [0.5, 0.6) is 0 Å². The summed E-state index contributed by atoms with van der Waals surface area (Å²) in [6.45, 7) is 6.63. The molecule has 1 amide bonds. The number of rotatable bonds is 7. The van der Waals surface area contributed by atoms with Gasteiger partial charge >= 0.3 is 18.0 Å². The number of alkyl carbamates (subject to hydrolysis) is 1. The minimum atomic E-state index is -1.07. The highest BCUT2D eigenvalue weighted by atomic mass is 16.6. The quantitative estimate of drug-likeness (QED) is 0.732. The van der Waals surface area contributed by atoms with Crippen LogP contribution in [-0.2, 0) is 25.5 Å². The molecule has 0 bridgehead atoms. The highest BCUT2D eigenvalue weighted by molar-refractivity contribution is 5.82. The number of carboxylic acids is 1. The van der Waals surface area contributed by atoms with Crippen LogP contribution in [0.1, 0.15) is 39.7 Å². The van der Waals surface area contributed by atoms with Crippen LogP contribution in [0.2, 0.25) is 0 Å². The second-order valence-corrected chi connectivity index (χ2v) is 6.73. The molecule has 1 aromatic rings. The Labute approximate surface area is 147 Å². The van der Waals surface area contributed by atoms with Gasteiger partial charge in [-0.3, -0.25) is 4.79 Å². The fraction of sp³-hybridized carbons (Fsp3) is 0.500. The minimum Gasteiger partial charge on any atom is -0.481 e. The number of carboxylic acid groups (broad SMARTS) is 1. The number of amides is 1. The molecule has 0 unspecified atom stereocenters. The van der Waals surface area contributed by atoms with E-state index >= 15 is 0 Å². The van der Waals surface area contributed by atoms with E-state index in [1.54, 1.807) is 20.8 Å². The van der Waals surface area contributed by atoms with Crippen molar-refractivity contribution in [3.05, 3.63) is 35.9 Å². The lowest BCUT2D eigenvalue weighted by Crippen LogP contribution is -2.46. The number of carbonyl (C=O) groups excluding carboxylic acids is 2. The van der Waals surface area contributed by atoms with Crippen molar-refractivity contribution in [3.8, 4) is 0 Å². The maximum atomic E-state index is 12.4. The highest BCUT2D eigenvalue weighted by Gasteiger charge is 2.27. The van der Waals surface area contributed by atoms with Crippen LogP contribution in [0.4, 0.5) is 4.79 Å². The summed E-state index contributed by atoms with van der Waals surface area (Å²) >= 11 is 0. The van der Waals surface area contributed by atoms with Crippen molar-refractivity contribution in [1.29, 1.82) is 0 Å². The first kappa shape index (κ1) is 20.5. The van der Waals surface area contributed by atoms with Gasteiger partial charge in [-0.1, -0.05) is 30.3 Å². The van der Waals surface area contributed by atoms with Crippen LogP contribution in [0.25, 0.3) is 0 Å². The van der Waals surface area contributed by atoms with E-state index in [1.807, 2.05) is 30.3 Å². The van der Waals surface area contributed by atoms with Crippen molar-refractivity contribution in [2.75, 3.05) is 0 Å². The first-order valence-electron chi connectivity index (χ1n) is 8.02. The predicted molar refractivity (Wildman–Crippen MR) is 91.1 cm³/mol. The molecule has 138 valence electrons. The van der Waals surface area contributed by atoms with E-state index < -0.39 is 35.8 Å². The summed E-state index contributed by atoms with van der Waals surface area (Å²) in [4.78, 5) is 35.1. The number of ether oxygens (including phenoxy) is 2. The van der Waals surface area contributed by atoms with Gasteiger partial charge in [0.2, 0.25) is 0 Å². The Morgan fingerprint density at radius 2 is 1.76 bits per heavy atom. The Morgan fingerprint density at radius 1 is 1.16 bits per heavy atom. The zero-order chi connectivity index (χ0) is 19.0. The van der Waals surface area contributed by atoms with E-state index in [4.69, 9.17) is 14.6 Å². The first-order valence-corrected chi connectivity index (χ1v) is 8.02. The lowest BCUT2D eigenvalue weighted by Gasteiger charge is -2.24. The number of benzene rings is 1. The number of hydrogen-bond acceptors (Lipinski definition) is 5. The monoisotopic (exact) mass is 351 g/mol. The maximum Gasteiger partial charge on any atom is 0.408 e. The van der Waals surface area contributed by atoms with Crippen LogP contribution < -0.4 is 5.32 Å². The number of aliphatic carboxylic acids is 1. The fourth-order valence-corrected chi connectivity index (χ4v) is 2.06. The van der Waals surface area contributed by atoms with Gasteiger partial charge in [0.05, 0.1) is 6.42 Å². The molecule has 0 aliphatic carbocycles. The van der Waals surface area contributed by atoms with E-state index in [-0.39, 0.29) is 12.8 Å². The number of carbonyl (C=O) groups is 3. The lowest BCUT2D eigenvalue weighted by molar-refractivity contribution is -0.154. The lowest BCUT2D eigenvalue weighted by atomic mass is 10.1. The zero-order valence-electron chi connectivity index (χ0n) is 14.9. The number of esters is 1. The van der Waals surface area contributed by atoms with Crippen molar-refractivity contribution in [2.45, 2.75) is 58.3 Å². The third kappa shape index (κ3) is 8.74. The van der Waals surface area contributed by atoms with Gasteiger partial charge in [0.1, 0.15) is 17.7 Å². The van der Waals surface area contributed by atoms with Crippen LogP contribution in [-0.4, -0.2) is 40.9 Å². The molecule has 7 nitrogen and oxygen atoms in total. The molecular weight excluding hydrogens is 326 g/mol. The molecular formula is C18H25NO6. The smallest absolute Gasteiger partial charge is 0.408 e. The molecule has 0 saturated heterocycles. The largest absolute Gasteiger partial charge is 0.481 e. The van der Waals surface area contributed by atoms with Crippen molar-refractivity contribution in [2.24, 2.45) is 0 Å². The normalized spacial score (nSPS) is 13.4. The standard InChI is InChI=1S/C18H25NO6/c1-12(10-15(20)21)24-16(22)14(11-13-8-6-5-7-9-13)19-17(23)25-18(2,3)4/h5-9,12,14H,10-11H2,1-4H3,(H,19,23)(H,20,21)/t12-,14-/m1/s1. The molecule has 2 atom stereocenters. The summed E-state index contributed by atoms with van der Waals surface area (Å²) in [7, 11) is 0. The van der Waals surface area contributed by atoms with E-state index in [9.17, 15) is 14.4 Å². The molecule has 25 heavy (non-hydrogen) atoms. The van der Waals surface area contributed by atoms with Gasteiger partial charge in [0.25, 0.3) is 0 Å². The molecule has 1 rings (SSSR count). The Kier molecular flexibility index (Phi) is 7.42. The molecule has 0 fully saturated rings. The second kappa shape index (κ2) is 9.05. The van der Waals surface area contributed by atoms with Crippen molar-refractivity contribution in [3.63, 3.8) is 0 Å². The van der Waals surface area contributed by atoms with E-state index in [0.29, 0.717) is 0 Å². The van der Waals surface area contributed by atoms with Crippen molar-refractivity contribution < 1.29 is 29.0 Å². The summed E-state index contributed by atoms with van der Waals surface area (Å²) in [6.07, 6.45) is -1.64. The van der Waals surface area contributed by atoms with Crippen LogP contribution in [0, 0.1) is 0 Å². The van der Waals surface area contributed by atoms with Gasteiger partial charge in [0.15, 0.2) is 0 Å². The molecule has 2 N–H and O–H groups in total. The Balaban J connectivity index is 2.81. The summed E-state index contributed by atoms with van der Waals surface area (Å²) in [5, 5.41) is 11.3. The van der Waals surface area contributed by atoms with Crippen LogP contribution in [0.3, 0.4) is 0 Å². The zero-order valence-corrected chi connectivity index (χ0v) is 14.9. The van der Waals surface area contributed by atoms with Gasteiger partial charge in [-0.2, -0.15) is 0 Å². The molecule has 7 heteroatoms. The third-order valence-corrected chi connectivity index (χ3v) is 3.04. The molecule has 0 radical (unpaired) electrons. The van der Waals surface area contributed by atoms with Crippen LogP contribution in [0.15, 0.2) is 30.3 Å². The summed E-state index contributed by atoms with van der Waals surface area (Å²) < 4.78 is 10.3. The van der Waals surface area contributed by atoms with E-state index in [1.165, 1.54) is 6.92 Å². The van der Waals surface area contributed by atoms with Crippen molar-refractivity contribution in [1.82, 2.24) is 5.32 Å². The van der Waals surface area contributed by atoms with Gasteiger partial charge in [-0.05, 0) is 33.3 Å². The second-order valence-electron chi connectivity index (χ2n) is 6.73. The summed E-state index contributed by atoms with van der Waals surface area (Å²) in [5.41, 5.74) is 0.119. The van der Waals surface area contributed by atoms with E-state index in [0.717, 1.165) is 5.56 Å². The minimum absolute atomic E-state index is 0.207. The molecule has 0 saturated carbocycles. The molecule has 1 aromatic carbocycles. The van der Waals surface area contributed by atoms with Gasteiger partial charge < -0.3 is 19.9 Å². The molecule has 0 heterocycles. The average molecular weight is 351 g/mol. The topological polar surface area (TPSA) is 102 Å². The number of nitrogens with one attached hydrogen (secondary N) is 1. The Bertz CT molecular complexity index is 593. The van der Waals surface area contributed by atoms with Gasteiger partial charge in [0, 0.05) is 6.42 Å². The maximum absolute atomic E-state index is 12.4. The molecule has 0 spiro atoms. The fourth-order valence-electron chi connectivity index (χ4n) is 2.06. The summed E-state index contributed by atoms with van der Waals surface area (Å²) in [6, 6.07) is 8.13. The van der Waals surface area contributed by atoms with E-state index in [2.05, 4.69) is 5.32 Å². The van der Waals surface area contributed by atoms with Gasteiger partial charge in [-0.25, -0.2) is 9.59 Å². The molecule has 0 aliphatic rings. The molecule has 0 aliphatic heterocycles. The van der Waals surface area contributed by atoms with Crippen molar-refractivity contribution >= 4 is 18.0 Å². The average Bonchev–Trinajstić information content (AvgIpc) is 2.44. The Morgan fingerprint density at radius 3 is 2.28 bits per heavy atom. The first-order chi connectivity index (χ1) is 11.6. The predicted octanol–water partition coefficient (Wildman–Crippen LogP) is 2.53. The molecule has 0 aromatic heterocycles. The highest BCUT2D eigenvalue weighted by Crippen LogP contribution is 2.10.